The number of hydrogen-bond acceptors (Lipinski definition) is 3. The van der Waals surface area contributed by atoms with Gasteiger partial charge in [-0.25, -0.2) is 4.79 Å². The number of rotatable bonds is 11. The molecule has 1 radical (unpaired) electrons. The maximum absolute atomic E-state index is 11.7. The van der Waals surface area contributed by atoms with Crippen molar-refractivity contribution in [1.29, 1.82) is 0 Å². The van der Waals surface area contributed by atoms with Crippen molar-refractivity contribution >= 4 is 5.97 Å². The van der Waals surface area contributed by atoms with Gasteiger partial charge in [0, 0.05) is 0 Å². The minimum absolute atomic E-state index is 0.424. The Kier molecular flexibility index (Phi) is 9.55. The number of aryl methyl sites for hydroxylation is 1. The third-order valence-corrected chi connectivity index (χ3v) is 3.37. The molecule has 0 aromatic heterocycles. The Hall–Kier alpha value is -1.35. The van der Waals surface area contributed by atoms with E-state index in [2.05, 4.69) is 13.8 Å². The number of unbranched alkanes of at least 4 members (excludes halogenated alkanes) is 5. The molecule has 1 aromatic rings. The summed E-state index contributed by atoms with van der Waals surface area (Å²) in [6, 6.07) is 7.58. The highest BCUT2D eigenvalue weighted by Gasteiger charge is 2.08. The number of carbonyl (C=O) groups excluding carboxylic acids is 1. The van der Waals surface area contributed by atoms with Gasteiger partial charge in [0.05, 0.1) is 12.2 Å². The number of carbonyl (C=O) groups is 1. The van der Waals surface area contributed by atoms with E-state index in [1.807, 2.05) is 12.1 Å². The van der Waals surface area contributed by atoms with Crippen molar-refractivity contribution < 1.29 is 14.6 Å². The standard InChI is InChI=1S/C18H27O3/c1-3-5-7-9-15-20-21-18(19)17-13-11-16(12-14-17)10-8-6-4-2/h11-14H,1,3-10,15H2,2H3. The van der Waals surface area contributed by atoms with Crippen LogP contribution in [0.3, 0.4) is 0 Å². The van der Waals surface area contributed by atoms with Gasteiger partial charge in [0.1, 0.15) is 0 Å². The van der Waals surface area contributed by atoms with E-state index in [1.165, 1.54) is 24.8 Å². The third-order valence-electron chi connectivity index (χ3n) is 3.37. The van der Waals surface area contributed by atoms with E-state index >= 15 is 0 Å². The minimum Gasteiger partial charge on any atom is -0.293 e. The highest BCUT2D eigenvalue weighted by Crippen LogP contribution is 2.10. The maximum Gasteiger partial charge on any atom is 0.373 e. The Balaban J connectivity index is 2.24. The molecule has 0 aliphatic heterocycles. The molecule has 0 aliphatic rings. The molecule has 1 aromatic carbocycles. The van der Waals surface area contributed by atoms with Gasteiger partial charge in [-0.05, 0) is 37.0 Å². The summed E-state index contributed by atoms with van der Waals surface area (Å²) in [5.74, 6) is -0.424. The molecule has 0 fully saturated rings. The first-order valence-electron chi connectivity index (χ1n) is 8.00. The molecule has 0 spiro atoms. The van der Waals surface area contributed by atoms with Gasteiger partial charge in [0.25, 0.3) is 0 Å². The summed E-state index contributed by atoms with van der Waals surface area (Å²) in [5.41, 5.74) is 1.79. The van der Waals surface area contributed by atoms with Gasteiger partial charge in [0.15, 0.2) is 0 Å². The lowest BCUT2D eigenvalue weighted by Crippen LogP contribution is -2.07. The molecule has 0 bridgehead atoms. The SMILES string of the molecule is [CH2]CCCCCOOC(=O)c1ccc(CCCCC)cc1. The normalized spacial score (nSPS) is 10.6. The third kappa shape index (κ3) is 7.86. The molecular formula is C18H27O3. The zero-order valence-electron chi connectivity index (χ0n) is 13.1. The van der Waals surface area contributed by atoms with Crippen LogP contribution in [0.1, 0.15) is 67.8 Å². The largest absolute Gasteiger partial charge is 0.373 e. The van der Waals surface area contributed by atoms with Crippen molar-refractivity contribution in [3.8, 4) is 0 Å². The van der Waals surface area contributed by atoms with Gasteiger partial charge in [-0.3, -0.25) is 4.89 Å². The second kappa shape index (κ2) is 11.3. The highest BCUT2D eigenvalue weighted by molar-refractivity contribution is 5.88. The summed E-state index contributed by atoms with van der Waals surface area (Å²) in [5, 5.41) is 0. The molecule has 0 saturated carbocycles. The van der Waals surface area contributed by atoms with Gasteiger partial charge in [0.2, 0.25) is 0 Å². The summed E-state index contributed by atoms with van der Waals surface area (Å²) < 4.78 is 0. The molecule has 3 nitrogen and oxygen atoms in total. The van der Waals surface area contributed by atoms with Gasteiger partial charge in [-0.2, -0.15) is 4.89 Å². The molecule has 21 heavy (non-hydrogen) atoms. The molecule has 117 valence electrons. The molecular weight excluding hydrogens is 264 g/mol. The van der Waals surface area contributed by atoms with Crippen molar-refractivity contribution in [3.05, 3.63) is 42.3 Å². The Morgan fingerprint density at radius 3 is 2.48 bits per heavy atom. The molecule has 0 amide bonds. The summed E-state index contributed by atoms with van der Waals surface area (Å²) >= 11 is 0. The second-order valence-electron chi connectivity index (χ2n) is 5.26. The maximum atomic E-state index is 11.7. The van der Waals surface area contributed by atoms with Crippen molar-refractivity contribution in [1.82, 2.24) is 0 Å². The topological polar surface area (TPSA) is 35.5 Å². The van der Waals surface area contributed by atoms with Crippen LogP contribution in [0.4, 0.5) is 0 Å². The average Bonchev–Trinajstić information content (AvgIpc) is 2.51. The van der Waals surface area contributed by atoms with Crippen LogP contribution in [0, 0.1) is 6.92 Å². The van der Waals surface area contributed by atoms with E-state index in [4.69, 9.17) is 9.78 Å². The Labute approximate surface area is 128 Å². The van der Waals surface area contributed by atoms with E-state index in [0.29, 0.717) is 12.2 Å². The fourth-order valence-electron chi connectivity index (χ4n) is 2.04. The average molecular weight is 291 g/mol. The van der Waals surface area contributed by atoms with Crippen LogP contribution in [0.25, 0.3) is 0 Å². The molecule has 0 saturated heterocycles. The summed E-state index contributed by atoms with van der Waals surface area (Å²) in [7, 11) is 0. The smallest absolute Gasteiger partial charge is 0.293 e. The first kappa shape index (κ1) is 17.7. The molecule has 0 atom stereocenters. The summed E-state index contributed by atoms with van der Waals surface area (Å²) in [6.45, 7) is 6.41. The van der Waals surface area contributed by atoms with Gasteiger partial charge >= 0.3 is 5.97 Å². The first-order chi connectivity index (χ1) is 10.3. The molecule has 0 aliphatic carbocycles. The van der Waals surface area contributed by atoms with E-state index in [-0.39, 0.29) is 0 Å². The molecule has 0 unspecified atom stereocenters. The fourth-order valence-corrected chi connectivity index (χ4v) is 2.04. The van der Waals surface area contributed by atoms with Gasteiger partial charge in [-0.1, -0.05) is 58.1 Å². The predicted octanol–water partition coefficient (Wildman–Crippen LogP) is 4.90. The second-order valence-corrected chi connectivity index (χ2v) is 5.26. The van der Waals surface area contributed by atoms with Crippen LogP contribution >= 0.6 is 0 Å². The van der Waals surface area contributed by atoms with Crippen LogP contribution in [-0.4, -0.2) is 12.6 Å². The van der Waals surface area contributed by atoms with Crippen LogP contribution in [0.5, 0.6) is 0 Å². The highest BCUT2D eigenvalue weighted by atomic mass is 17.2. The quantitative estimate of drug-likeness (QED) is 0.330. The first-order valence-corrected chi connectivity index (χ1v) is 8.00. The molecule has 1 rings (SSSR count). The lowest BCUT2D eigenvalue weighted by atomic mass is 10.1. The Morgan fingerprint density at radius 2 is 1.81 bits per heavy atom. The van der Waals surface area contributed by atoms with E-state index in [9.17, 15) is 4.79 Å². The van der Waals surface area contributed by atoms with Crippen molar-refractivity contribution in [2.75, 3.05) is 6.61 Å². The van der Waals surface area contributed by atoms with Crippen LogP contribution in [-0.2, 0) is 16.2 Å². The van der Waals surface area contributed by atoms with Crippen LogP contribution in [0.15, 0.2) is 24.3 Å². The summed E-state index contributed by atoms with van der Waals surface area (Å²) in [6.07, 6.45) is 8.67. The van der Waals surface area contributed by atoms with E-state index in [0.717, 1.165) is 32.1 Å². The Morgan fingerprint density at radius 1 is 1.05 bits per heavy atom. The molecule has 0 N–H and O–H groups in total. The lowest BCUT2D eigenvalue weighted by molar-refractivity contribution is -0.241. The fraction of sp³-hybridized carbons (Fsp3) is 0.556. The lowest BCUT2D eigenvalue weighted by Gasteiger charge is -2.05. The summed E-state index contributed by atoms with van der Waals surface area (Å²) in [4.78, 5) is 21.5. The molecule has 0 heterocycles. The number of benzene rings is 1. The number of hydrogen-bond donors (Lipinski definition) is 0. The predicted molar refractivity (Wildman–Crippen MR) is 84.9 cm³/mol. The van der Waals surface area contributed by atoms with Crippen LogP contribution in [0.2, 0.25) is 0 Å². The molecule has 3 heteroatoms. The Bertz CT molecular complexity index is 384. The van der Waals surface area contributed by atoms with Gasteiger partial charge < -0.3 is 0 Å². The zero-order chi connectivity index (χ0) is 15.3. The monoisotopic (exact) mass is 291 g/mol. The zero-order valence-corrected chi connectivity index (χ0v) is 13.1. The van der Waals surface area contributed by atoms with Crippen molar-refractivity contribution in [2.45, 2.75) is 58.3 Å². The minimum atomic E-state index is -0.424. The van der Waals surface area contributed by atoms with E-state index < -0.39 is 5.97 Å². The van der Waals surface area contributed by atoms with Crippen molar-refractivity contribution in [2.24, 2.45) is 0 Å². The van der Waals surface area contributed by atoms with Crippen LogP contribution < -0.4 is 0 Å². The van der Waals surface area contributed by atoms with Gasteiger partial charge in [-0.15, -0.1) is 0 Å². The van der Waals surface area contributed by atoms with E-state index in [1.54, 1.807) is 12.1 Å². The van der Waals surface area contributed by atoms with Crippen molar-refractivity contribution in [3.63, 3.8) is 0 Å².